The highest BCUT2D eigenvalue weighted by molar-refractivity contribution is 7.14. The van der Waals surface area contributed by atoms with Gasteiger partial charge in [-0.3, -0.25) is 4.79 Å². The first kappa shape index (κ1) is 16.5. The van der Waals surface area contributed by atoms with Crippen molar-refractivity contribution < 1.29 is 4.79 Å². The van der Waals surface area contributed by atoms with Crippen LogP contribution in [0.25, 0.3) is 0 Å². The van der Waals surface area contributed by atoms with Gasteiger partial charge in [-0.05, 0) is 37.1 Å². The minimum atomic E-state index is 0.115. The molecule has 0 aliphatic carbocycles. The number of anilines is 1. The summed E-state index contributed by atoms with van der Waals surface area (Å²) in [5.41, 5.74) is 1.84. The molecule has 0 saturated carbocycles. The summed E-state index contributed by atoms with van der Waals surface area (Å²) in [5, 5.41) is 9.21. The molecule has 1 aliphatic rings. The highest BCUT2D eigenvalue weighted by Gasteiger charge is 2.25. The van der Waals surface area contributed by atoms with E-state index in [-0.39, 0.29) is 5.91 Å². The SMILES string of the molecule is CCc1cc(C(=O)N2CCN(c3ncccc3C#N)CC2)sc1C. The fourth-order valence-corrected chi connectivity index (χ4v) is 4.07. The van der Waals surface area contributed by atoms with Gasteiger partial charge in [0.05, 0.1) is 10.4 Å². The fraction of sp³-hybridized carbons (Fsp3) is 0.389. The van der Waals surface area contributed by atoms with Crippen LogP contribution in [-0.4, -0.2) is 42.0 Å². The molecule has 1 fully saturated rings. The second-order valence-electron chi connectivity index (χ2n) is 5.81. The van der Waals surface area contributed by atoms with E-state index in [1.165, 1.54) is 10.4 Å². The Bertz CT molecular complexity index is 785. The molecule has 5 nitrogen and oxygen atoms in total. The average Bonchev–Trinajstić information content (AvgIpc) is 3.02. The van der Waals surface area contributed by atoms with Crippen molar-refractivity contribution >= 4 is 23.1 Å². The lowest BCUT2D eigenvalue weighted by molar-refractivity contribution is 0.0751. The molecule has 0 atom stereocenters. The smallest absolute Gasteiger partial charge is 0.264 e. The first-order valence-electron chi connectivity index (χ1n) is 8.12. The van der Waals surface area contributed by atoms with Gasteiger partial charge in [-0.1, -0.05) is 6.92 Å². The average molecular weight is 340 g/mol. The van der Waals surface area contributed by atoms with Gasteiger partial charge >= 0.3 is 0 Å². The van der Waals surface area contributed by atoms with Gasteiger partial charge in [0.2, 0.25) is 0 Å². The van der Waals surface area contributed by atoms with E-state index in [1.54, 1.807) is 29.7 Å². The number of aromatic nitrogens is 1. The van der Waals surface area contributed by atoms with Crippen LogP contribution in [0.3, 0.4) is 0 Å². The molecule has 1 aliphatic heterocycles. The third-order valence-corrected chi connectivity index (χ3v) is 5.47. The summed E-state index contributed by atoms with van der Waals surface area (Å²) in [7, 11) is 0. The number of pyridine rings is 1. The van der Waals surface area contributed by atoms with E-state index in [2.05, 4.69) is 29.8 Å². The van der Waals surface area contributed by atoms with Crippen LogP contribution in [0, 0.1) is 18.3 Å². The molecular weight excluding hydrogens is 320 g/mol. The molecule has 3 heterocycles. The Morgan fingerprint density at radius 1 is 1.38 bits per heavy atom. The number of aryl methyl sites for hydroxylation is 2. The van der Waals surface area contributed by atoms with Gasteiger partial charge in [0.25, 0.3) is 5.91 Å². The largest absolute Gasteiger partial charge is 0.352 e. The van der Waals surface area contributed by atoms with E-state index in [0.717, 1.165) is 11.3 Å². The van der Waals surface area contributed by atoms with Gasteiger partial charge in [-0.25, -0.2) is 4.98 Å². The Balaban J connectivity index is 1.68. The van der Waals surface area contributed by atoms with Crippen LogP contribution in [0.2, 0.25) is 0 Å². The first-order chi connectivity index (χ1) is 11.6. The molecule has 2 aromatic rings. The summed E-state index contributed by atoms with van der Waals surface area (Å²) in [6.45, 7) is 6.88. The van der Waals surface area contributed by atoms with E-state index in [4.69, 9.17) is 0 Å². The quantitative estimate of drug-likeness (QED) is 0.862. The Kier molecular flexibility index (Phi) is 4.81. The summed E-state index contributed by atoms with van der Waals surface area (Å²) in [4.78, 5) is 23.1. The first-order valence-corrected chi connectivity index (χ1v) is 8.94. The summed E-state index contributed by atoms with van der Waals surface area (Å²) < 4.78 is 0. The van der Waals surface area contributed by atoms with Crippen molar-refractivity contribution in [2.24, 2.45) is 0 Å². The highest BCUT2D eigenvalue weighted by atomic mass is 32.1. The number of carbonyl (C=O) groups is 1. The van der Waals surface area contributed by atoms with E-state index in [9.17, 15) is 10.1 Å². The maximum atomic E-state index is 12.7. The second kappa shape index (κ2) is 7.02. The molecule has 2 aromatic heterocycles. The highest BCUT2D eigenvalue weighted by Crippen LogP contribution is 2.24. The van der Waals surface area contributed by atoms with Crippen LogP contribution in [0.1, 0.15) is 32.6 Å². The van der Waals surface area contributed by atoms with Gasteiger partial charge < -0.3 is 9.80 Å². The van der Waals surface area contributed by atoms with Gasteiger partial charge in [0.15, 0.2) is 0 Å². The van der Waals surface area contributed by atoms with Crippen molar-refractivity contribution in [3.63, 3.8) is 0 Å². The van der Waals surface area contributed by atoms with E-state index in [0.29, 0.717) is 37.6 Å². The van der Waals surface area contributed by atoms with Crippen molar-refractivity contribution in [2.75, 3.05) is 31.1 Å². The van der Waals surface area contributed by atoms with Gasteiger partial charge in [-0.2, -0.15) is 5.26 Å². The van der Waals surface area contributed by atoms with Crippen LogP contribution in [0.5, 0.6) is 0 Å². The predicted octanol–water partition coefficient (Wildman–Crippen LogP) is 2.85. The predicted molar refractivity (Wildman–Crippen MR) is 95.5 cm³/mol. The number of amides is 1. The van der Waals surface area contributed by atoms with Crippen molar-refractivity contribution in [3.8, 4) is 6.07 Å². The summed E-state index contributed by atoms with van der Waals surface area (Å²) >= 11 is 1.58. The molecule has 0 unspecified atom stereocenters. The third-order valence-electron chi connectivity index (χ3n) is 4.39. The van der Waals surface area contributed by atoms with Gasteiger partial charge in [-0.15, -0.1) is 11.3 Å². The molecule has 124 valence electrons. The lowest BCUT2D eigenvalue weighted by Gasteiger charge is -2.35. The Hall–Kier alpha value is -2.39. The van der Waals surface area contributed by atoms with Gasteiger partial charge in [0, 0.05) is 37.3 Å². The van der Waals surface area contributed by atoms with Crippen molar-refractivity contribution in [1.82, 2.24) is 9.88 Å². The topological polar surface area (TPSA) is 60.2 Å². The van der Waals surface area contributed by atoms with Crippen molar-refractivity contribution in [2.45, 2.75) is 20.3 Å². The molecule has 6 heteroatoms. The van der Waals surface area contributed by atoms with E-state index < -0.39 is 0 Å². The Morgan fingerprint density at radius 3 is 2.75 bits per heavy atom. The number of nitriles is 1. The lowest BCUT2D eigenvalue weighted by Crippen LogP contribution is -2.49. The van der Waals surface area contributed by atoms with Crippen LogP contribution >= 0.6 is 11.3 Å². The maximum absolute atomic E-state index is 12.7. The number of carbonyl (C=O) groups excluding carboxylic acids is 1. The second-order valence-corrected chi connectivity index (χ2v) is 7.07. The monoisotopic (exact) mass is 340 g/mol. The number of hydrogen-bond donors (Lipinski definition) is 0. The molecule has 0 bridgehead atoms. The summed E-state index contributed by atoms with van der Waals surface area (Å²) in [6, 6.07) is 7.76. The molecule has 24 heavy (non-hydrogen) atoms. The van der Waals surface area contributed by atoms with Crippen LogP contribution in [0.15, 0.2) is 24.4 Å². The van der Waals surface area contributed by atoms with Gasteiger partial charge in [0.1, 0.15) is 11.9 Å². The lowest BCUT2D eigenvalue weighted by atomic mass is 10.2. The molecule has 3 rings (SSSR count). The minimum absolute atomic E-state index is 0.115. The molecule has 0 spiro atoms. The zero-order valence-corrected chi connectivity index (χ0v) is 14.8. The number of nitrogens with zero attached hydrogens (tertiary/aromatic N) is 4. The number of thiophene rings is 1. The summed E-state index contributed by atoms with van der Waals surface area (Å²) in [5.74, 6) is 0.830. The summed E-state index contributed by atoms with van der Waals surface area (Å²) in [6.07, 6.45) is 2.66. The number of hydrogen-bond acceptors (Lipinski definition) is 5. The minimum Gasteiger partial charge on any atom is -0.352 e. The Labute approximate surface area is 146 Å². The normalized spacial score (nSPS) is 14.5. The standard InChI is InChI=1S/C18H20N4OS/c1-3-14-11-16(24-13(14)2)18(23)22-9-7-21(8-10-22)17-15(12-19)5-4-6-20-17/h4-6,11H,3,7-10H2,1-2H3. The fourth-order valence-electron chi connectivity index (χ4n) is 2.99. The van der Waals surface area contributed by atoms with E-state index in [1.807, 2.05) is 11.0 Å². The maximum Gasteiger partial charge on any atom is 0.264 e. The van der Waals surface area contributed by atoms with E-state index >= 15 is 0 Å². The molecule has 0 aromatic carbocycles. The molecule has 1 amide bonds. The third kappa shape index (κ3) is 3.13. The molecular formula is C18H20N4OS. The van der Waals surface area contributed by atoms with Crippen LogP contribution in [0.4, 0.5) is 5.82 Å². The Morgan fingerprint density at radius 2 is 2.12 bits per heavy atom. The zero-order chi connectivity index (χ0) is 17.1. The number of rotatable bonds is 3. The molecule has 0 radical (unpaired) electrons. The van der Waals surface area contributed by atoms with Crippen LogP contribution in [-0.2, 0) is 6.42 Å². The zero-order valence-electron chi connectivity index (χ0n) is 14.0. The number of piperazine rings is 1. The van der Waals surface area contributed by atoms with Crippen molar-refractivity contribution in [1.29, 1.82) is 5.26 Å². The molecule has 0 N–H and O–H groups in total. The molecule has 1 saturated heterocycles. The van der Waals surface area contributed by atoms with Crippen LogP contribution < -0.4 is 4.90 Å². The van der Waals surface area contributed by atoms with Crippen molar-refractivity contribution in [3.05, 3.63) is 45.3 Å².